The van der Waals surface area contributed by atoms with Crippen molar-refractivity contribution in [1.29, 1.82) is 0 Å². The molecule has 1 aromatic carbocycles. The largest absolute Gasteiger partial charge is 0.417 e. The normalized spacial score (nSPS) is 18.4. The molecule has 7 heteroatoms. The van der Waals surface area contributed by atoms with E-state index < -0.39 is 5.76 Å². The molecule has 2 heterocycles. The van der Waals surface area contributed by atoms with Gasteiger partial charge < -0.3 is 14.2 Å². The van der Waals surface area contributed by atoms with E-state index in [1.54, 1.807) is 23.1 Å². The molecule has 1 N–H and O–H groups in total. The zero-order valence-corrected chi connectivity index (χ0v) is 12.6. The lowest BCUT2D eigenvalue weighted by molar-refractivity contribution is -0.134. The standard InChI is InChI=1S/C16H17N3O4/c20-14(10-1-2-10)18-5-7-19(8-6-18)15(21)11-3-4-12-13(9-11)23-16(22)17-12/h3-4,9-10H,1-2,5-8H2,(H,17,22). The predicted molar refractivity (Wildman–Crippen MR) is 82.0 cm³/mol. The number of nitrogens with zero attached hydrogens (tertiary/aromatic N) is 2. The van der Waals surface area contributed by atoms with Crippen LogP contribution < -0.4 is 5.76 Å². The molecule has 1 saturated carbocycles. The number of amides is 2. The number of carbonyl (C=O) groups excluding carboxylic acids is 2. The monoisotopic (exact) mass is 315 g/mol. The topological polar surface area (TPSA) is 86.6 Å². The summed E-state index contributed by atoms with van der Waals surface area (Å²) in [7, 11) is 0. The summed E-state index contributed by atoms with van der Waals surface area (Å²) in [6.07, 6.45) is 2.00. The van der Waals surface area contributed by atoms with Gasteiger partial charge in [0.25, 0.3) is 5.91 Å². The third-order valence-electron chi connectivity index (χ3n) is 4.47. The quantitative estimate of drug-likeness (QED) is 0.889. The molecule has 0 bridgehead atoms. The summed E-state index contributed by atoms with van der Waals surface area (Å²) in [6, 6.07) is 4.93. The van der Waals surface area contributed by atoms with Gasteiger partial charge in [-0.15, -0.1) is 0 Å². The number of hydrogen-bond donors (Lipinski definition) is 1. The lowest BCUT2D eigenvalue weighted by Gasteiger charge is -2.35. The van der Waals surface area contributed by atoms with Crippen molar-refractivity contribution >= 4 is 22.9 Å². The summed E-state index contributed by atoms with van der Waals surface area (Å²) in [5.74, 6) is -0.185. The van der Waals surface area contributed by atoms with Crippen LogP contribution in [0.15, 0.2) is 27.4 Å². The van der Waals surface area contributed by atoms with E-state index in [9.17, 15) is 14.4 Å². The van der Waals surface area contributed by atoms with E-state index in [4.69, 9.17) is 4.42 Å². The minimum Gasteiger partial charge on any atom is -0.408 e. The van der Waals surface area contributed by atoms with Gasteiger partial charge in [0, 0.05) is 37.7 Å². The fraction of sp³-hybridized carbons (Fsp3) is 0.438. The second-order valence-corrected chi connectivity index (χ2v) is 6.12. The highest BCUT2D eigenvalue weighted by Gasteiger charge is 2.35. The highest BCUT2D eigenvalue weighted by molar-refractivity contribution is 5.97. The first-order valence-corrected chi connectivity index (χ1v) is 7.83. The van der Waals surface area contributed by atoms with E-state index in [0.717, 1.165) is 12.8 Å². The third kappa shape index (κ3) is 2.62. The van der Waals surface area contributed by atoms with Gasteiger partial charge >= 0.3 is 5.76 Å². The Morgan fingerprint density at radius 2 is 1.78 bits per heavy atom. The Morgan fingerprint density at radius 3 is 2.48 bits per heavy atom. The van der Waals surface area contributed by atoms with Gasteiger partial charge in [-0.25, -0.2) is 4.79 Å². The minimum absolute atomic E-state index is 0.103. The first-order chi connectivity index (χ1) is 11.1. The van der Waals surface area contributed by atoms with Crippen molar-refractivity contribution in [1.82, 2.24) is 14.8 Å². The summed E-state index contributed by atoms with van der Waals surface area (Å²) in [4.78, 5) is 41.9. The molecule has 2 aliphatic rings. The number of oxazole rings is 1. The molecule has 2 aromatic rings. The Balaban J connectivity index is 1.46. The number of piperazine rings is 1. The summed E-state index contributed by atoms with van der Waals surface area (Å²) in [6.45, 7) is 2.24. The van der Waals surface area contributed by atoms with Crippen molar-refractivity contribution in [3.63, 3.8) is 0 Å². The maximum atomic E-state index is 12.6. The molecule has 1 aliphatic carbocycles. The zero-order valence-electron chi connectivity index (χ0n) is 12.6. The highest BCUT2D eigenvalue weighted by atomic mass is 16.4. The number of benzene rings is 1. The molecule has 2 fully saturated rings. The lowest BCUT2D eigenvalue weighted by atomic mass is 10.1. The maximum Gasteiger partial charge on any atom is 0.417 e. The van der Waals surface area contributed by atoms with Crippen LogP contribution in [0.2, 0.25) is 0 Å². The fourth-order valence-corrected chi connectivity index (χ4v) is 2.98. The molecule has 0 radical (unpaired) electrons. The van der Waals surface area contributed by atoms with Gasteiger partial charge in [-0.1, -0.05) is 0 Å². The molecular weight excluding hydrogens is 298 g/mol. The van der Waals surface area contributed by atoms with Crippen LogP contribution in [0.4, 0.5) is 0 Å². The Labute approximate surface area is 131 Å². The number of aromatic amines is 1. The van der Waals surface area contributed by atoms with Crippen molar-refractivity contribution < 1.29 is 14.0 Å². The maximum absolute atomic E-state index is 12.6. The van der Waals surface area contributed by atoms with Gasteiger partial charge in [-0.05, 0) is 31.0 Å². The number of carbonyl (C=O) groups is 2. The average Bonchev–Trinajstić information content (AvgIpc) is 3.34. The summed E-state index contributed by atoms with van der Waals surface area (Å²) >= 11 is 0. The molecule has 0 atom stereocenters. The van der Waals surface area contributed by atoms with Crippen LogP contribution in [0, 0.1) is 5.92 Å². The zero-order chi connectivity index (χ0) is 16.0. The molecule has 23 heavy (non-hydrogen) atoms. The molecule has 1 saturated heterocycles. The number of hydrogen-bond acceptors (Lipinski definition) is 4. The van der Waals surface area contributed by atoms with Crippen molar-refractivity contribution in [3.05, 3.63) is 34.3 Å². The van der Waals surface area contributed by atoms with Gasteiger partial charge in [0.15, 0.2) is 5.58 Å². The van der Waals surface area contributed by atoms with Gasteiger partial charge in [-0.2, -0.15) is 0 Å². The molecule has 120 valence electrons. The minimum atomic E-state index is -0.531. The van der Waals surface area contributed by atoms with E-state index in [1.165, 1.54) is 0 Å². The molecular formula is C16H17N3O4. The van der Waals surface area contributed by atoms with Crippen molar-refractivity contribution in [3.8, 4) is 0 Å². The third-order valence-corrected chi connectivity index (χ3v) is 4.47. The number of nitrogens with one attached hydrogen (secondary N) is 1. The molecule has 1 aliphatic heterocycles. The Morgan fingerprint density at radius 1 is 1.09 bits per heavy atom. The van der Waals surface area contributed by atoms with Crippen LogP contribution in [0.3, 0.4) is 0 Å². The summed E-state index contributed by atoms with van der Waals surface area (Å²) in [5, 5.41) is 0. The average molecular weight is 315 g/mol. The second kappa shape index (κ2) is 5.26. The van der Waals surface area contributed by atoms with Crippen molar-refractivity contribution in [2.75, 3.05) is 26.2 Å². The van der Waals surface area contributed by atoms with Crippen LogP contribution in [0.1, 0.15) is 23.2 Å². The van der Waals surface area contributed by atoms with Crippen LogP contribution in [-0.4, -0.2) is 52.8 Å². The number of aromatic nitrogens is 1. The van der Waals surface area contributed by atoms with Gasteiger partial charge in [0.05, 0.1) is 5.52 Å². The van der Waals surface area contributed by atoms with E-state index in [1.807, 2.05) is 4.90 Å². The second-order valence-electron chi connectivity index (χ2n) is 6.12. The molecule has 2 amide bonds. The molecule has 7 nitrogen and oxygen atoms in total. The van der Waals surface area contributed by atoms with Gasteiger partial charge in [0.1, 0.15) is 0 Å². The SMILES string of the molecule is O=C(c1ccc2[nH]c(=O)oc2c1)N1CCN(C(=O)C2CC2)CC1. The van der Waals surface area contributed by atoms with Crippen LogP contribution in [0.25, 0.3) is 11.1 Å². The van der Waals surface area contributed by atoms with Crippen molar-refractivity contribution in [2.45, 2.75) is 12.8 Å². The number of H-pyrrole nitrogens is 1. The lowest BCUT2D eigenvalue weighted by Crippen LogP contribution is -2.51. The fourth-order valence-electron chi connectivity index (χ4n) is 2.98. The Kier molecular flexibility index (Phi) is 3.21. The van der Waals surface area contributed by atoms with Crippen LogP contribution >= 0.6 is 0 Å². The summed E-state index contributed by atoms with van der Waals surface area (Å²) < 4.78 is 4.99. The van der Waals surface area contributed by atoms with E-state index in [2.05, 4.69) is 4.98 Å². The smallest absolute Gasteiger partial charge is 0.408 e. The van der Waals surface area contributed by atoms with Gasteiger partial charge in [0.2, 0.25) is 5.91 Å². The summed E-state index contributed by atoms with van der Waals surface area (Å²) in [5.41, 5.74) is 1.44. The Bertz CT molecular complexity index is 825. The Hall–Kier alpha value is -2.57. The van der Waals surface area contributed by atoms with Gasteiger partial charge in [-0.3, -0.25) is 14.6 Å². The van der Waals surface area contributed by atoms with Crippen LogP contribution in [0.5, 0.6) is 0 Å². The number of rotatable bonds is 2. The molecule has 0 unspecified atom stereocenters. The first-order valence-electron chi connectivity index (χ1n) is 7.83. The first kappa shape index (κ1) is 14.0. The van der Waals surface area contributed by atoms with E-state index >= 15 is 0 Å². The molecule has 0 spiro atoms. The predicted octanol–water partition coefficient (Wildman–Crippen LogP) is 0.815. The van der Waals surface area contributed by atoms with E-state index in [0.29, 0.717) is 42.8 Å². The number of fused-ring (bicyclic) bond motifs is 1. The molecule has 4 rings (SSSR count). The van der Waals surface area contributed by atoms with Crippen molar-refractivity contribution in [2.24, 2.45) is 5.92 Å². The van der Waals surface area contributed by atoms with E-state index in [-0.39, 0.29) is 17.7 Å². The molecule has 1 aromatic heterocycles. The highest BCUT2D eigenvalue weighted by Crippen LogP contribution is 2.31. The van der Waals surface area contributed by atoms with Crippen LogP contribution in [-0.2, 0) is 4.79 Å².